The Balaban J connectivity index is 0.876. The fourth-order valence-corrected chi connectivity index (χ4v) is 13.6. The minimum atomic E-state index is -6.22. The number of anilines is 3. The van der Waals surface area contributed by atoms with E-state index in [1.807, 2.05) is 0 Å². The van der Waals surface area contributed by atoms with Gasteiger partial charge in [0.25, 0.3) is 17.1 Å². The SMILES string of the molecule is CNC(=O)CC[C@@H]1[C@@H](COP(=O)(O)OP(=O)(O)OP(=O)(O)OC[C@H]2O[C@@H](n3cnc4c(N)ncnc43)[C@H](OC)[C@@H]2OP(=O)(O)OC[C@H]2O[C@@H](n3cnc4c(=O)[nH]c(N)nc43)[C@H](O)[C@@H]2O)OC([n+]2cn(C)c3c(=O)[nH]c(N)nc32)[C@@H]1O. The molecule has 3 aliphatic heterocycles. The van der Waals surface area contributed by atoms with Gasteiger partial charge in [-0.25, -0.2) is 42.8 Å². The van der Waals surface area contributed by atoms with Crippen molar-refractivity contribution in [2.45, 2.75) is 80.4 Å². The Bertz CT molecular complexity index is 3640. The second kappa shape index (κ2) is 22.6. The number of nitrogen functional groups attached to an aromatic ring is 3. The number of imidazole rings is 3. The molecular formula is C36H51N16O24P4+. The minimum absolute atomic E-state index is 0.00588. The first-order valence-electron chi connectivity index (χ1n) is 23.1. The van der Waals surface area contributed by atoms with Crippen molar-refractivity contribution < 1.29 is 108 Å². The van der Waals surface area contributed by atoms with E-state index in [0.717, 1.165) is 30.7 Å². The van der Waals surface area contributed by atoms with Crippen molar-refractivity contribution in [2.75, 3.05) is 51.2 Å². The predicted molar refractivity (Wildman–Crippen MR) is 260 cm³/mol. The van der Waals surface area contributed by atoms with E-state index in [1.165, 1.54) is 34.1 Å². The third-order valence-corrected chi connectivity index (χ3v) is 18.0. The molecule has 6 aromatic heterocycles. The van der Waals surface area contributed by atoms with Crippen molar-refractivity contribution in [2.24, 2.45) is 13.0 Å². The summed E-state index contributed by atoms with van der Waals surface area (Å²) in [6.07, 6.45) is -13.6. The van der Waals surface area contributed by atoms with Crippen LogP contribution in [0.25, 0.3) is 33.5 Å². The second-order valence-electron chi connectivity index (χ2n) is 17.9. The molecule has 0 radical (unpaired) electrons. The number of fused-ring (bicyclic) bond motifs is 3. The van der Waals surface area contributed by atoms with E-state index < -0.39 is 142 Å². The zero-order valence-electron chi connectivity index (χ0n) is 41.3. The van der Waals surface area contributed by atoms with Gasteiger partial charge < -0.3 is 76.4 Å². The van der Waals surface area contributed by atoms with Crippen LogP contribution in [0.3, 0.4) is 0 Å². The summed E-state index contributed by atoms with van der Waals surface area (Å²) in [5, 5.41) is 35.7. The zero-order valence-corrected chi connectivity index (χ0v) is 44.9. The van der Waals surface area contributed by atoms with Crippen molar-refractivity contribution >= 4 is 88.4 Å². The highest BCUT2D eigenvalue weighted by Crippen LogP contribution is 2.68. The number of nitrogens with one attached hydrogen (secondary N) is 3. The van der Waals surface area contributed by atoms with Crippen molar-refractivity contribution in [3.8, 4) is 0 Å². The Hall–Kier alpha value is -5.64. The lowest BCUT2D eigenvalue weighted by atomic mass is 9.93. The average molecular weight is 1220 g/mol. The van der Waals surface area contributed by atoms with Crippen LogP contribution in [0, 0.1) is 5.92 Å². The number of H-pyrrole nitrogens is 2. The molecule has 0 aromatic carbocycles. The van der Waals surface area contributed by atoms with Crippen LogP contribution in [0.15, 0.2) is 34.9 Å². The van der Waals surface area contributed by atoms with Gasteiger partial charge in [0.2, 0.25) is 23.6 Å². The summed E-state index contributed by atoms with van der Waals surface area (Å²) in [4.78, 5) is 109. The number of aromatic nitrogens is 12. The third-order valence-electron chi connectivity index (χ3n) is 12.7. The first-order chi connectivity index (χ1) is 37.6. The summed E-state index contributed by atoms with van der Waals surface area (Å²) in [5.41, 5.74) is 15.6. The number of nitrogens with zero attached hydrogens (tertiary/aromatic N) is 10. The van der Waals surface area contributed by atoms with Crippen molar-refractivity contribution in [1.82, 2.24) is 58.9 Å². The van der Waals surface area contributed by atoms with Crippen LogP contribution in [0.2, 0.25) is 0 Å². The van der Waals surface area contributed by atoms with Crippen LogP contribution in [-0.4, -0.2) is 177 Å². The molecule has 0 aliphatic carbocycles. The molecule has 0 saturated carbocycles. The Morgan fingerprint density at radius 2 is 1.34 bits per heavy atom. The van der Waals surface area contributed by atoms with Gasteiger partial charge >= 0.3 is 36.9 Å². The molecule has 44 heteroatoms. The van der Waals surface area contributed by atoms with E-state index >= 15 is 0 Å². The topological polar surface area (TPSA) is 571 Å². The van der Waals surface area contributed by atoms with Crippen molar-refractivity contribution in [3.05, 3.63) is 46.0 Å². The number of aliphatic hydroxyl groups excluding tert-OH is 3. The summed E-state index contributed by atoms with van der Waals surface area (Å²) < 4.78 is 111. The Morgan fingerprint density at radius 1 is 0.738 bits per heavy atom. The van der Waals surface area contributed by atoms with E-state index in [4.69, 9.17) is 54.2 Å². The summed E-state index contributed by atoms with van der Waals surface area (Å²) in [5.74, 6) is -2.26. The molecule has 6 aromatic rings. The van der Waals surface area contributed by atoms with E-state index in [1.54, 1.807) is 0 Å². The number of rotatable bonds is 22. The summed E-state index contributed by atoms with van der Waals surface area (Å²) in [7, 11) is -19.6. The molecule has 438 valence electrons. The van der Waals surface area contributed by atoms with Crippen LogP contribution in [0.4, 0.5) is 17.7 Å². The number of phosphoric acid groups is 4. The Morgan fingerprint density at radius 3 is 2.01 bits per heavy atom. The number of hydrogen-bond acceptors (Lipinski definition) is 29. The molecule has 9 rings (SSSR count). The van der Waals surface area contributed by atoms with Crippen molar-refractivity contribution in [3.63, 3.8) is 0 Å². The Labute approximate surface area is 445 Å². The molecule has 3 aliphatic rings. The number of carbonyl (C=O) groups excluding carboxylic acids is 1. The number of carbonyl (C=O) groups is 1. The molecule has 3 fully saturated rings. The molecule has 9 heterocycles. The lowest BCUT2D eigenvalue weighted by Gasteiger charge is -2.26. The van der Waals surface area contributed by atoms with Gasteiger partial charge in [-0.15, -0.1) is 0 Å². The zero-order chi connectivity index (χ0) is 58.0. The number of hydrogen-bond donors (Lipinski definition) is 13. The molecule has 16 N–H and O–H groups in total. The maximum Gasteiger partial charge on any atom is 0.490 e. The highest BCUT2D eigenvalue weighted by atomic mass is 31.3. The lowest BCUT2D eigenvalue weighted by Crippen LogP contribution is -2.45. The maximum atomic E-state index is 13.7. The summed E-state index contributed by atoms with van der Waals surface area (Å²) >= 11 is 0. The highest BCUT2D eigenvalue weighted by Gasteiger charge is 2.54. The molecule has 0 spiro atoms. The maximum absolute atomic E-state index is 13.7. The number of amides is 1. The van der Waals surface area contributed by atoms with Crippen LogP contribution in [0.1, 0.15) is 31.5 Å². The monoisotopic (exact) mass is 1220 g/mol. The number of methoxy groups -OCH3 is 1. The van der Waals surface area contributed by atoms with E-state index in [2.05, 4.69) is 53.8 Å². The fraction of sp³-hybridized carbons (Fsp3) is 0.556. The molecule has 1 amide bonds. The molecule has 3 saturated heterocycles. The number of aryl methyl sites for hydroxylation is 1. The van der Waals surface area contributed by atoms with Gasteiger partial charge in [0.05, 0.1) is 45.6 Å². The van der Waals surface area contributed by atoms with Crippen LogP contribution in [0.5, 0.6) is 0 Å². The van der Waals surface area contributed by atoms with Crippen LogP contribution >= 0.6 is 31.3 Å². The fourth-order valence-electron chi connectivity index (χ4n) is 9.16. The molecule has 16 atom stereocenters. The number of aliphatic hydroxyl groups is 3. The van der Waals surface area contributed by atoms with Crippen molar-refractivity contribution in [1.29, 1.82) is 0 Å². The quantitative estimate of drug-likeness (QED) is 0.0228. The van der Waals surface area contributed by atoms with Gasteiger partial charge in [-0.3, -0.25) is 56.1 Å². The first kappa shape index (κ1) is 59.0. The third kappa shape index (κ3) is 12.1. The van der Waals surface area contributed by atoms with Crippen LogP contribution < -0.4 is 38.2 Å². The van der Waals surface area contributed by atoms with Gasteiger partial charge in [-0.1, -0.05) is 4.98 Å². The summed E-state index contributed by atoms with van der Waals surface area (Å²) in [6.45, 7) is -3.27. The van der Waals surface area contributed by atoms with E-state index in [0.29, 0.717) is 0 Å². The minimum Gasteiger partial charge on any atom is -0.387 e. The van der Waals surface area contributed by atoms with Crippen LogP contribution in [-0.2, 0) is 75.8 Å². The van der Waals surface area contributed by atoms with Gasteiger partial charge in [-0.2, -0.15) is 13.6 Å². The van der Waals surface area contributed by atoms with E-state index in [9.17, 15) is 67.5 Å². The summed E-state index contributed by atoms with van der Waals surface area (Å²) in [6, 6.07) is 0. The smallest absolute Gasteiger partial charge is 0.387 e. The molecule has 80 heavy (non-hydrogen) atoms. The second-order valence-corrected chi connectivity index (χ2v) is 23.9. The van der Waals surface area contributed by atoms with Gasteiger partial charge in [0, 0.05) is 26.5 Å². The van der Waals surface area contributed by atoms with Gasteiger partial charge in [0.15, 0.2) is 41.4 Å². The van der Waals surface area contributed by atoms with Gasteiger partial charge in [0.1, 0.15) is 54.6 Å². The normalized spacial score (nSPS) is 29.2. The molecule has 0 bridgehead atoms. The average Bonchev–Trinajstić information content (AvgIpc) is 4.23. The standard InChI is InChI=1S/C36H50N16O24P4/c1-40-17(53)5-4-13-14(71-32(21(13)54)52-12-49(2)20-29(52)46-36(39)48-31(20)58)6-69-78(61,62)75-80(65,66)76-79(63,64)70-8-16-24(25(67-3)34(73-16)50-10-43-18-26(37)41-9-42-27(18)50)74-77(59,60)68-7-15-22(55)23(56)33(72-15)51-11-44-19-28(51)45-35(38)47-30(19)57/h9-16,21-25,32-34,54-56H,4-8H2,1-3H3,(H12-,37,38,39,40,41,42,45,46,47,48,53,57,58,59,60,61,62,63,64,65,66)/p+1/t13-,14-,15-,16-,21-,22-,23-,24-,25-,32?,33-,34-/m1/s1. The number of aromatic amines is 2. The largest absolute Gasteiger partial charge is 0.490 e. The first-order valence-corrected chi connectivity index (χ1v) is 29.1. The lowest BCUT2D eigenvalue weighted by molar-refractivity contribution is -0.745. The Kier molecular flexibility index (Phi) is 16.7. The number of ether oxygens (including phenoxy) is 4. The predicted octanol–water partition coefficient (Wildman–Crippen LogP) is -3.93. The van der Waals surface area contributed by atoms with E-state index in [-0.39, 0.29) is 64.0 Å². The molecular weight excluding hydrogens is 1160 g/mol. The highest BCUT2D eigenvalue weighted by molar-refractivity contribution is 7.66. The molecule has 40 nitrogen and oxygen atoms in total. The number of phosphoric ester groups is 3. The molecule has 5 unspecified atom stereocenters. The number of nitrogens with two attached hydrogens (primary N) is 3. The van der Waals surface area contributed by atoms with Gasteiger partial charge in [-0.05, 0) is 6.42 Å².